The lowest BCUT2D eigenvalue weighted by atomic mass is 9.42. The summed E-state index contributed by atoms with van der Waals surface area (Å²) in [6, 6.07) is 14.8. The van der Waals surface area contributed by atoms with Gasteiger partial charge in [-0.1, -0.05) is 63.2 Å². The highest BCUT2D eigenvalue weighted by molar-refractivity contribution is 7.98. The van der Waals surface area contributed by atoms with Crippen molar-refractivity contribution in [2.75, 3.05) is 25.9 Å². The second-order valence-electron chi connectivity index (χ2n) is 19.7. The van der Waals surface area contributed by atoms with Gasteiger partial charge in [0.1, 0.15) is 29.6 Å². The Balaban J connectivity index is 1.37. The molecule has 4 fully saturated rings. The Morgan fingerprint density at radius 3 is 2.17 bits per heavy atom. The molecule has 2 aromatic rings. The van der Waals surface area contributed by atoms with Crippen molar-refractivity contribution >= 4 is 41.5 Å². The van der Waals surface area contributed by atoms with E-state index in [0.717, 1.165) is 0 Å². The fraction of sp³-hybridized carbons (Fsp3) is 0.612. The van der Waals surface area contributed by atoms with Gasteiger partial charge in [-0.25, -0.2) is 9.59 Å². The van der Waals surface area contributed by atoms with Crippen LogP contribution in [-0.2, 0) is 52.3 Å². The maximum absolute atomic E-state index is 15.8. The molecule has 0 aromatic heterocycles. The van der Waals surface area contributed by atoms with E-state index < -0.39 is 112 Å². The van der Waals surface area contributed by atoms with Crippen LogP contribution in [0, 0.1) is 22.7 Å². The molecule has 2 aliphatic heterocycles. The number of rotatable bonds is 10. The van der Waals surface area contributed by atoms with Gasteiger partial charge >= 0.3 is 24.0 Å². The van der Waals surface area contributed by atoms with Crippen molar-refractivity contribution in [1.29, 1.82) is 0 Å². The average molecular weight is 922 g/mol. The lowest BCUT2D eigenvalue weighted by molar-refractivity contribution is -0.340. The van der Waals surface area contributed by atoms with Gasteiger partial charge in [0.2, 0.25) is 0 Å². The third-order valence-corrected chi connectivity index (χ3v) is 14.9. The number of carbonyl (C=O) groups excluding carboxylic acids is 5. The van der Waals surface area contributed by atoms with Crippen molar-refractivity contribution in [2.45, 2.75) is 142 Å². The summed E-state index contributed by atoms with van der Waals surface area (Å²) < 4.78 is 49.4. The molecule has 65 heavy (non-hydrogen) atoms. The van der Waals surface area contributed by atoms with E-state index >= 15 is 9.59 Å². The summed E-state index contributed by atoms with van der Waals surface area (Å²) >= 11 is 1.42. The molecule has 2 aromatic carbocycles. The predicted molar refractivity (Wildman–Crippen MR) is 237 cm³/mol. The van der Waals surface area contributed by atoms with Crippen LogP contribution >= 0.6 is 11.8 Å². The van der Waals surface area contributed by atoms with Gasteiger partial charge in [-0.3, -0.25) is 19.3 Å². The number of fused-ring (bicyclic) bond motifs is 5. The Morgan fingerprint density at radius 2 is 1.62 bits per heavy atom. The molecule has 0 spiro atoms. The van der Waals surface area contributed by atoms with Gasteiger partial charge < -0.3 is 43.0 Å². The molecule has 16 heteroatoms. The lowest BCUT2D eigenvalue weighted by Crippen LogP contribution is -2.80. The molecule has 2 bridgehead atoms. The minimum atomic E-state index is -1.82. The van der Waals surface area contributed by atoms with Gasteiger partial charge in [-0.2, -0.15) is 0 Å². The molecule has 2 saturated heterocycles. The quantitative estimate of drug-likeness (QED) is 0.111. The highest BCUT2D eigenvalue weighted by atomic mass is 32.2. The van der Waals surface area contributed by atoms with Crippen molar-refractivity contribution in [2.24, 2.45) is 22.7 Å². The van der Waals surface area contributed by atoms with Crippen molar-refractivity contribution < 1.29 is 67.0 Å². The molecule has 2 heterocycles. The van der Waals surface area contributed by atoms with Crippen molar-refractivity contribution in [3.8, 4) is 5.75 Å². The Morgan fingerprint density at radius 1 is 0.954 bits per heavy atom. The number of esters is 3. The van der Waals surface area contributed by atoms with Gasteiger partial charge in [0.05, 0.1) is 36.8 Å². The van der Waals surface area contributed by atoms with E-state index in [1.54, 1.807) is 97.0 Å². The number of ether oxygens (including phenoxy) is 8. The number of thioether (sulfide) groups is 1. The van der Waals surface area contributed by atoms with E-state index in [4.69, 9.17) is 37.9 Å². The fourth-order valence-electron chi connectivity index (χ4n) is 11.6. The van der Waals surface area contributed by atoms with Gasteiger partial charge in [0, 0.05) is 43.6 Å². The number of hydrogen-bond donors (Lipinski definition) is 1. The Labute approximate surface area is 385 Å². The summed E-state index contributed by atoms with van der Waals surface area (Å²) in [5, 5.41) is 13.7. The number of Topliss-reactive ketones (excluding diaryl/α,β-unsaturated/α-hetero) is 1. The SMILES string of the molecule is COc1ccc([C@H]2OC(C(=O)OC3CC4(O)[C@@H](C)C5[C@]6(OC(C)=O)COC6CC(OCSC)[C@@]5(C)C(=O)C(OC(C)=O)C(=C3C)C4(C)C)[C@H](c3ccccc3)N2C(=O)OC(C)(C)C)cc1. The maximum Gasteiger partial charge on any atom is 0.413 e. The minimum Gasteiger partial charge on any atom is -0.497 e. The third-order valence-electron chi connectivity index (χ3n) is 14.5. The molecule has 3 aliphatic carbocycles. The van der Waals surface area contributed by atoms with E-state index in [1.165, 1.54) is 37.6 Å². The first-order valence-corrected chi connectivity index (χ1v) is 23.5. The predicted octanol–water partition coefficient (Wildman–Crippen LogP) is 7.04. The molecule has 7 unspecified atom stereocenters. The van der Waals surface area contributed by atoms with Crippen LogP contribution in [0.4, 0.5) is 4.79 Å². The second kappa shape index (κ2) is 17.6. The number of amides is 1. The molecule has 7 rings (SSSR count). The summed E-state index contributed by atoms with van der Waals surface area (Å²) in [7, 11) is 1.54. The second-order valence-corrected chi connectivity index (χ2v) is 20.6. The average Bonchev–Trinajstić information content (AvgIpc) is 3.64. The van der Waals surface area contributed by atoms with E-state index in [1.807, 2.05) is 19.2 Å². The zero-order valence-corrected chi connectivity index (χ0v) is 40.1. The molecular weight excluding hydrogens is 859 g/mol. The van der Waals surface area contributed by atoms with Gasteiger partial charge in [-0.05, 0) is 75.6 Å². The molecule has 1 N–H and O–H groups in total. The maximum atomic E-state index is 15.8. The monoisotopic (exact) mass is 921 g/mol. The molecule has 15 nitrogen and oxygen atoms in total. The van der Waals surface area contributed by atoms with Crippen LogP contribution in [0.2, 0.25) is 0 Å². The summed E-state index contributed by atoms with van der Waals surface area (Å²) in [5.41, 5.74) is -5.09. The molecule has 5 aliphatic rings. The van der Waals surface area contributed by atoms with Gasteiger partial charge in [0.25, 0.3) is 0 Å². The van der Waals surface area contributed by atoms with Crippen LogP contribution < -0.4 is 4.74 Å². The number of nitrogens with zero attached hydrogens (tertiary/aromatic N) is 1. The lowest BCUT2D eigenvalue weighted by Gasteiger charge is -2.68. The van der Waals surface area contributed by atoms with E-state index in [9.17, 15) is 19.5 Å². The first kappa shape index (κ1) is 48.5. The van der Waals surface area contributed by atoms with Crippen LogP contribution in [0.15, 0.2) is 65.7 Å². The molecular formula is C49H63NO14S. The molecule has 0 radical (unpaired) electrons. The molecule has 12 atom stereocenters. The smallest absolute Gasteiger partial charge is 0.413 e. The first-order chi connectivity index (χ1) is 30.5. The summed E-state index contributed by atoms with van der Waals surface area (Å²) in [6.45, 7) is 16.6. The third kappa shape index (κ3) is 8.14. The zero-order chi connectivity index (χ0) is 47.6. The molecule has 2 saturated carbocycles. The van der Waals surface area contributed by atoms with Crippen LogP contribution in [0.3, 0.4) is 0 Å². The number of ketones is 1. The normalized spacial score (nSPS) is 35.1. The van der Waals surface area contributed by atoms with E-state index in [2.05, 4.69) is 0 Å². The summed E-state index contributed by atoms with van der Waals surface area (Å²) in [5.74, 6) is -3.68. The van der Waals surface area contributed by atoms with Crippen LogP contribution in [-0.4, -0.2) is 113 Å². The van der Waals surface area contributed by atoms with Gasteiger partial charge in [-0.15, -0.1) is 11.8 Å². The van der Waals surface area contributed by atoms with Gasteiger partial charge in [0.15, 0.2) is 29.8 Å². The highest BCUT2D eigenvalue weighted by Gasteiger charge is 2.76. The van der Waals surface area contributed by atoms with E-state index in [0.29, 0.717) is 22.4 Å². The topological polar surface area (TPSA) is 183 Å². The molecule has 1 amide bonds. The first-order valence-electron chi connectivity index (χ1n) is 22.1. The van der Waals surface area contributed by atoms with Crippen LogP contribution in [0.1, 0.15) is 105 Å². The van der Waals surface area contributed by atoms with E-state index in [-0.39, 0.29) is 31.0 Å². The number of carbonyl (C=O) groups is 5. The van der Waals surface area contributed by atoms with Crippen LogP contribution in [0.5, 0.6) is 5.75 Å². The Hall–Kier alpha value is -4.48. The number of benzene rings is 2. The number of methoxy groups -OCH3 is 1. The van der Waals surface area contributed by atoms with Crippen molar-refractivity contribution in [3.63, 3.8) is 0 Å². The Kier molecular flexibility index (Phi) is 13.1. The highest BCUT2D eigenvalue weighted by Crippen LogP contribution is 2.66. The summed E-state index contributed by atoms with van der Waals surface area (Å²) in [4.78, 5) is 72.8. The van der Waals surface area contributed by atoms with Crippen molar-refractivity contribution in [3.05, 3.63) is 76.9 Å². The van der Waals surface area contributed by atoms with Crippen molar-refractivity contribution in [1.82, 2.24) is 4.90 Å². The summed E-state index contributed by atoms with van der Waals surface area (Å²) in [6.07, 6.45) is -5.60. The fourth-order valence-corrected chi connectivity index (χ4v) is 11.9. The number of aliphatic hydroxyl groups is 1. The Bertz CT molecular complexity index is 2210. The number of hydrogen-bond acceptors (Lipinski definition) is 15. The largest absolute Gasteiger partial charge is 0.497 e. The van der Waals surface area contributed by atoms with Crippen LogP contribution in [0.25, 0.3) is 0 Å². The standard InChI is InChI=1S/C49H63NO14S/c1-26-33(61-43(54)39-37(30-16-14-13-15-17-30)50(44(55)64-45(5,6)7)42(62-39)31-18-20-32(57-11)21-19-31)23-49(56)27(2)40-47(10,41(53)38(60-28(3)51)36(26)46(49,8)9)34(59-25-65-12)22-35-48(40,24-58-35)63-29(4)52/h13-21,27,33-35,37-40,42,56H,22-25H2,1-12H3/t27-,33?,34?,35?,37-,38?,39?,40?,42+,47+,48-,49?/m0/s1. The minimum absolute atomic E-state index is 0.0390. The zero-order valence-electron chi connectivity index (χ0n) is 39.3. The molecule has 354 valence electrons.